The molecule has 0 spiro atoms. The van der Waals surface area contributed by atoms with Crippen LogP contribution in [0.4, 0.5) is 0 Å². The van der Waals surface area contributed by atoms with Crippen molar-refractivity contribution in [2.24, 2.45) is 0 Å². The van der Waals surface area contributed by atoms with Crippen molar-refractivity contribution in [3.63, 3.8) is 0 Å². The Bertz CT molecular complexity index is 1040. The molecule has 0 saturated heterocycles. The van der Waals surface area contributed by atoms with Crippen LogP contribution < -0.4 is 5.32 Å². The number of aryl methyl sites for hydroxylation is 1. The number of furan rings is 1. The van der Waals surface area contributed by atoms with Crippen LogP contribution >= 0.6 is 11.3 Å². The number of carbonyl (C=O) groups is 1. The van der Waals surface area contributed by atoms with Gasteiger partial charge in [-0.3, -0.25) is 9.36 Å². The number of thiazole rings is 1. The number of amides is 1. The van der Waals surface area contributed by atoms with Crippen molar-refractivity contribution in [3.05, 3.63) is 94.6 Å². The van der Waals surface area contributed by atoms with Gasteiger partial charge in [-0.05, 0) is 37.6 Å². The van der Waals surface area contributed by atoms with E-state index in [2.05, 4.69) is 10.3 Å². The number of nitrogens with one attached hydrogen (secondary N) is 1. The minimum absolute atomic E-state index is 0.142. The predicted molar refractivity (Wildman–Crippen MR) is 105 cm³/mol. The number of aromatic nitrogens is 2. The van der Waals surface area contributed by atoms with Crippen LogP contribution in [-0.2, 0) is 0 Å². The Kier molecular flexibility index (Phi) is 4.64. The number of benzene rings is 1. The molecule has 3 aromatic heterocycles. The van der Waals surface area contributed by atoms with E-state index >= 15 is 0 Å². The number of rotatable bonds is 5. The third-order valence-corrected chi connectivity index (χ3v) is 5.28. The van der Waals surface area contributed by atoms with Gasteiger partial charge in [0.05, 0.1) is 11.8 Å². The minimum Gasteiger partial charge on any atom is -0.467 e. The third-order valence-electron chi connectivity index (χ3n) is 4.52. The van der Waals surface area contributed by atoms with Crippen molar-refractivity contribution in [2.45, 2.75) is 19.9 Å². The summed E-state index contributed by atoms with van der Waals surface area (Å²) in [5.74, 6) is 0.555. The monoisotopic (exact) mass is 377 g/mol. The van der Waals surface area contributed by atoms with Gasteiger partial charge in [0.1, 0.15) is 11.8 Å². The summed E-state index contributed by atoms with van der Waals surface area (Å²) in [6.07, 6.45) is 3.38. The molecule has 0 aliphatic heterocycles. The standard InChI is InChI=1S/C21H19N3O2S/c1-14-13-17(15(2)24(14)21-22-10-12-27-21)20(25)23-19(18-9-6-11-26-18)16-7-4-3-5-8-16/h3-13,19H,1-2H3,(H,23,25). The SMILES string of the molecule is Cc1cc(C(=O)NC(c2ccccc2)c2ccco2)c(C)n1-c1nccs1. The molecule has 0 aliphatic rings. The maximum absolute atomic E-state index is 13.1. The van der Waals surface area contributed by atoms with E-state index in [1.54, 1.807) is 23.8 Å². The van der Waals surface area contributed by atoms with Gasteiger partial charge in [-0.2, -0.15) is 0 Å². The summed E-state index contributed by atoms with van der Waals surface area (Å²) >= 11 is 1.54. The number of nitrogens with zero attached hydrogens (tertiary/aromatic N) is 2. The van der Waals surface area contributed by atoms with Gasteiger partial charge < -0.3 is 9.73 Å². The molecule has 1 unspecified atom stereocenters. The van der Waals surface area contributed by atoms with Crippen molar-refractivity contribution in [1.29, 1.82) is 0 Å². The Balaban J connectivity index is 1.67. The lowest BCUT2D eigenvalue weighted by Gasteiger charge is -2.17. The lowest BCUT2D eigenvalue weighted by molar-refractivity contribution is 0.0938. The fourth-order valence-corrected chi connectivity index (χ4v) is 3.99. The molecule has 1 N–H and O–H groups in total. The van der Waals surface area contributed by atoms with Crippen LogP contribution in [0, 0.1) is 13.8 Å². The van der Waals surface area contributed by atoms with E-state index < -0.39 is 0 Å². The van der Waals surface area contributed by atoms with Crippen LogP contribution in [0.2, 0.25) is 0 Å². The number of hydrogen-bond acceptors (Lipinski definition) is 4. The normalized spacial score (nSPS) is 12.1. The van der Waals surface area contributed by atoms with Gasteiger partial charge in [-0.15, -0.1) is 11.3 Å². The first-order chi connectivity index (χ1) is 13.1. The maximum atomic E-state index is 13.1. The first-order valence-electron chi connectivity index (χ1n) is 8.63. The van der Waals surface area contributed by atoms with Crippen molar-refractivity contribution in [1.82, 2.24) is 14.9 Å². The Morgan fingerprint density at radius 3 is 2.67 bits per heavy atom. The van der Waals surface area contributed by atoms with E-state index in [-0.39, 0.29) is 11.9 Å². The Morgan fingerprint density at radius 1 is 1.19 bits per heavy atom. The number of hydrogen-bond donors (Lipinski definition) is 1. The summed E-state index contributed by atoms with van der Waals surface area (Å²) in [5.41, 5.74) is 3.44. The lowest BCUT2D eigenvalue weighted by Crippen LogP contribution is -2.29. The number of carbonyl (C=O) groups excluding carboxylic acids is 1. The summed E-state index contributed by atoms with van der Waals surface area (Å²) in [6.45, 7) is 3.92. The van der Waals surface area contributed by atoms with Crippen LogP contribution in [0.15, 0.2) is 70.8 Å². The Labute approximate surface area is 161 Å². The molecule has 0 saturated carbocycles. The molecule has 4 aromatic rings. The highest BCUT2D eigenvalue weighted by molar-refractivity contribution is 7.12. The van der Waals surface area contributed by atoms with E-state index in [0.29, 0.717) is 11.3 Å². The molecule has 27 heavy (non-hydrogen) atoms. The second-order valence-corrected chi connectivity index (χ2v) is 7.14. The fraction of sp³-hybridized carbons (Fsp3) is 0.143. The summed E-state index contributed by atoms with van der Waals surface area (Å²) in [5, 5.41) is 5.90. The van der Waals surface area contributed by atoms with E-state index in [4.69, 9.17) is 4.42 Å². The maximum Gasteiger partial charge on any atom is 0.253 e. The van der Waals surface area contributed by atoms with Gasteiger partial charge >= 0.3 is 0 Å². The molecule has 3 heterocycles. The third kappa shape index (κ3) is 3.31. The van der Waals surface area contributed by atoms with E-state index in [1.165, 1.54) is 0 Å². The van der Waals surface area contributed by atoms with E-state index in [0.717, 1.165) is 22.1 Å². The first-order valence-corrected chi connectivity index (χ1v) is 9.51. The molecule has 0 aliphatic carbocycles. The summed E-state index contributed by atoms with van der Waals surface area (Å²) in [6, 6.07) is 15.1. The van der Waals surface area contributed by atoms with Crippen LogP contribution in [0.25, 0.3) is 5.13 Å². The quantitative estimate of drug-likeness (QED) is 0.550. The molecule has 0 fully saturated rings. The zero-order valence-corrected chi connectivity index (χ0v) is 15.9. The smallest absolute Gasteiger partial charge is 0.253 e. The molecule has 1 aromatic carbocycles. The highest BCUT2D eigenvalue weighted by atomic mass is 32.1. The van der Waals surface area contributed by atoms with Crippen molar-refractivity contribution in [3.8, 4) is 5.13 Å². The van der Waals surface area contributed by atoms with E-state index in [1.807, 2.05) is 72.3 Å². The van der Waals surface area contributed by atoms with Gasteiger partial charge in [-0.25, -0.2) is 4.98 Å². The zero-order valence-electron chi connectivity index (χ0n) is 15.0. The van der Waals surface area contributed by atoms with E-state index in [9.17, 15) is 4.79 Å². The van der Waals surface area contributed by atoms with Gasteiger partial charge in [0.25, 0.3) is 5.91 Å². The molecular formula is C21H19N3O2S. The largest absolute Gasteiger partial charge is 0.467 e. The molecule has 4 rings (SSSR count). The Morgan fingerprint density at radius 2 is 2.00 bits per heavy atom. The topological polar surface area (TPSA) is 60.1 Å². The second-order valence-electron chi connectivity index (χ2n) is 6.27. The average Bonchev–Trinajstić information content (AvgIpc) is 3.42. The van der Waals surface area contributed by atoms with Crippen LogP contribution in [0.1, 0.15) is 39.1 Å². The predicted octanol–water partition coefficient (Wildman–Crippen LogP) is 4.66. The van der Waals surface area contributed by atoms with Crippen molar-refractivity contribution in [2.75, 3.05) is 0 Å². The van der Waals surface area contributed by atoms with Crippen molar-refractivity contribution < 1.29 is 9.21 Å². The first kappa shape index (κ1) is 17.3. The van der Waals surface area contributed by atoms with Crippen LogP contribution in [0.5, 0.6) is 0 Å². The fourth-order valence-electron chi connectivity index (χ4n) is 3.24. The highest BCUT2D eigenvalue weighted by Gasteiger charge is 2.23. The zero-order chi connectivity index (χ0) is 18.8. The lowest BCUT2D eigenvalue weighted by atomic mass is 10.0. The summed E-state index contributed by atoms with van der Waals surface area (Å²) in [7, 11) is 0. The van der Waals surface area contributed by atoms with Crippen molar-refractivity contribution >= 4 is 17.2 Å². The molecule has 0 bridgehead atoms. The molecule has 5 nitrogen and oxygen atoms in total. The van der Waals surface area contributed by atoms with Crippen LogP contribution in [-0.4, -0.2) is 15.5 Å². The summed E-state index contributed by atoms with van der Waals surface area (Å²) in [4.78, 5) is 17.5. The van der Waals surface area contributed by atoms with Gasteiger partial charge in [0.2, 0.25) is 0 Å². The average molecular weight is 377 g/mol. The minimum atomic E-state index is -0.350. The Hall–Kier alpha value is -3.12. The molecule has 0 radical (unpaired) electrons. The summed E-state index contributed by atoms with van der Waals surface area (Å²) < 4.78 is 7.58. The highest BCUT2D eigenvalue weighted by Crippen LogP contribution is 2.26. The molecule has 1 atom stereocenters. The second kappa shape index (κ2) is 7.25. The van der Waals surface area contributed by atoms with Gasteiger partial charge in [0.15, 0.2) is 5.13 Å². The molecule has 1 amide bonds. The van der Waals surface area contributed by atoms with Gasteiger partial charge in [-0.1, -0.05) is 30.3 Å². The van der Waals surface area contributed by atoms with Gasteiger partial charge in [0, 0.05) is 23.0 Å². The molecule has 6 heteroatoms. The molecular weight excluding hydrogens is 358 g/mol. The van der Waals surface area contributed by atoms with Crippen LogP contribution in [0.3, 0.4) is 0 Å². The molecule has 136 valence electrons.